The predicted molar refractivity (Wildman–Crippen MR) is 106 cm³/mol. The summed E-state index contributed by atoms with van der Waals surface area (Å²) in [4.78, 5) is 31.8. The minimum absolute atomic E-state index is 0.172. The summed E-state index contributed by atoms with van der Waals surface area (Å²) in [7, 11) is 0. The lowest BCUT2D eigenvalue weighted by atomic mass is 10.1. The second kappa shape index (κ2) is 7.61. The number of rotatable bonds is 5. The zero-order valence-electron chi connectivity index (χ0n) is 16.1. The van der Waals surface area contributed by atoms with Crippen molar-refractivity contribution in [2.45, 2.75) is 27.7 Å². The third-order valence-electron chi connectivity index (χ3n) is 4.48. The number of imidazole rings is 1. The predicted octanol–water partition coefficient (Wildman–Crippen LogP) is 3.69. The van der Waals surface area contributed by atoms with E-state index in [4.69, 9.17) is 0 Å². The molecule has 0 unspecified atom stereocenters. The topological polar surface area (TPSA) is 66.7 Å². The number of anilines is 1. The highest BCUT2D eigenvalue weighted by Crippen LogP contribution is 2.18. The van der Waals surface area contributed by atoms with Crippen molar-refractivity contribution < 1.29 is 9.59 Å². The molecule has 0 atom stereocenters. The van der Waals surface area contributed by atoms with Crippen molar-refractivity contribution in [1.29, 1.82) is 0 Å². The number of nitrogens with one attached hydrogen (secondary N) is 1. The van der Waals surface area contributed by atoms with Crippen LogP contribution in [0.1, 0.15) is 46.1 Å². The molecule has 0 aliphatic heterocycles. The first kappa shape index (κ1) is 18.6. The van der Waals surface area contributed by atoms with Gasteiger partial charge in [-0.15, -0.1) is 0 Å². The number of benzene rings is 1. The van der Waals surface area contributed by atoms with Crippen molar-refractivity contribution >= 4 is 23.0 Å². The van der Waals surface area contributed by atoms with Crippen LogP contribution in [0.4, 0.5) is 5.69 Å². The molecular formula is C21H24N4O2. The smallest absolute Gasteiger partial charge is 0.292 e. The van der Waals surface area contributed by atoms with Gasteiger partial charge in [-0.3, -0.25) is 14.0 Å². The van der Waals surface area contributed by atoms with Crippen LogP contribution in [0.15, 0.2) is 42.6 Å². The molecule has 6 heteroatoms. The fourth-order valence-corrected chi connectivity index (χ4v) is 3.25. The second-order valence-electron chi connectivity index (χ2n) is 6.55. The zero-order chi connectivity index (χ0) is 19.6. The quantitative estimate of drug-likeness (QED) is 0.751. The largest absolute Gasteiger partial charge is 0.338 e. The summed E-state index contributed by atoms with van der Waals surface area (Å²) in [5.74, 6) is -0.325. The first-order chi connectivity index (χ1) is 12.9. The number of carbonyl (C=O) groups is 2. The van der Waals surface area contributed by atoms with Crippen LogP contribution in [-0.4, -0.2) is 39.2 Å². The van der Waals surface area contributed by atoms with Crippen molar-refractivity contribution in [3.8, 4) is 0 Å². The van der Waals surface area contributed by atoms with Crippen molar-refractivity contribution in [1.82, 2.24) is 14.3 Å². The Morgan fingerprint density at radius 2 is 1.74 bits per heavy atom. The summed E-state index contributed by atoms with van der Waals surface area (Å²) < 4.78 is 1.66. The van der Waals surface area contributed by atoms with Gasteiger partial charge in [0.1, 0.15) is 0 Å². The number of pyridine rings is 1. The van der Waals surface area contributed by atoms with Gasteiger partial charge in [0, 0.05) is 25.0 Å². The minimum Gasteiger partial charge on any atom is -0.338 e. The Labute approximate surface area is 158 Å². The minimum atomic E-state index is -0.347. The number of nitrogens with zero attached hydrogens (tertiary/aromatic N) is 3. The molecule has 0 saturated carbocycles. The third kappa shape index (κ3) is 3.69. The summed E-state index contributed by atoms with van der Waals surface area (Å²) in [6.45, 7) is 8.99. The molecule has 6 nitrogen and oxygen atoms in total. The van der Waals surface area contributed by atoms with Crippen LogP contribution < -0.4 is 5.32 Å². The number of hydrogen-bond acceptors (Lipinski definition) is 3. The van der Waals surface area contributed by atoms with Crippen molar-refractivity contribution in [2.24, 2.45) is 0 Å². The number of carbonyl (C=O) groups excluding carboxylic acids is 2. The number of aromatic nitrogens is 2. The normalized spacial score (nSPS) is 10.8. The van der Waals surface area contributed by atoms with E-state index in [1.165, 1.54) is 0 Å². The molecule has 2 heterocycles. The average molecular weight is 364 g/mol. The lowest BCUT2D eigenvalue weighted by molar-refractivity contribution is 0.0769. The van der Waals surface area contributed by atoms with Crippen LogP contribution in [0, 0.1) is 13.8 Å². The van der Waals surface area contributed by atoms with E-state index in [-0.39, 0.29) is 17.6 Å². The van der Waals surface area contributed by atoms with Crippen LogP contribution in [0.5, 0.6) is 0 Å². The molecule has 3 rings (SSSR count). The highest BCUT2D eigenvalue weighted by molar-refractivity contribution is 6.06. The van der Waals surface area contributed by atoms with E-state index in [2.05, 4.69) is 10.3 Å². The van der Waals surface area contributed by atoms with Gasteiger partial charge in [-0.25, -0.2) is 4.98 Å². The van der Waals surface area contributed by atoms with Crippen molar-refractivity contribution in [3.63, 3.8) is 0 Å². The molecule has 0 aliphatic rings. The van der Waals surface area contributed by atoms with Gasteiger partial charge in [-0.1, -0.05) is 12.1 Å². The standard InChI is InChI=1S/C21H24N4O2/c1-5-24(6-2)21(27)18-17-9-7-8-10-25(17)19(23-18)20(26)22-16-12-14(3)11-15(4)13-16/h7-13H,5-6H2,1-4H3,(H,22,26). The van der Waals surface area contributed by atoms with Gasteiger partial charge in [0.25, 0.3) is 11.8 Å². The molecule has 0 spiro atoms. The van der Waals surface area contributed by atoms with Gasteiger partial charge >= 0.3 is 0 Å². The first-order valence-corrected chi connectivity index (χ1v) is 9.10. The van der Waals surface area contributed by atoms with E-state index in [9.17, 15) is 9.59 Å². The zero-order valence-corrected chi connectivity index (χ0v) is 16.1. The summed E-state index contributed by atoms with van der Waals surface area (Å²) in [6, 6.07) is 11.3. The van der Waals surface area contributed by atoms with Gasteiger partial charge in [0.15, 0.2) is 5.69 Å². The van der Waals surface area contributed by atoms with Gasteiger partial charge in [-0.2, -0.15) is 0 Å². The van der Waals surface area contributed by atoms with E-state index < -0.39 is 0 Å². The Balaban J connectivity index is 2.01. The van der Waals surface area contributed by atoms with Gasteiger partial charge < -0.3 is 10.2 Å². The fourth-order valence-electron chi connectivity index (χ4n) is 3.25. The molecule has 140 valence electrons. The van der Waals surface area contributed by atoms with Crippen LogP contribution >= 0.6 is 0 Å². The van der Waals surface area contributed by atoms with Crippen LogP contribution in [0.2, 0.25) is 0 Å². The number of amides is 2. The first-order valence-electron chi connectivity index (χ1n) is 9.10. The van der Waals surface area contributed by atoms with E-state index in [0.717, 1.165) is 11.1 Å². The SMILES string of the molecule is CCN(CC)C(=O)c1nc(C(=O)Nc2cc(C)cc(C)c2)n2ccccc12. The highest BCUT2D eigenvalue weighted by Gasteiger charge is 2.24. The Hall–Kier alpha value is -3.15. The Bertz CT molecular complexity index is 982. The summed E-state index contributed by atoms with van der Waals surface area (Å²) in [6.07, 6.45) is 1.75. The maximum Gasteiger partial charge on any atom is 0.292 e. The summed E-state index contributed by atoms with van der Waals surface area (Å²) in [5, 5.41) is 2.89. The third-order valence-corrected chi connectivity index (χ3v) is 4.48. The molecule has 0 aliphatic carbocycles. The molecule has 27 heavy (non-hydrogen) atoms. The van der Waals surface area contributed by atoms with Gasteiger partial charge in [-0.05, 0) is 63.1 Å². The number of hydrogen-bond donors (Lipinski definition) is 1. The lowest BCUT2D eigenvalue weighted by Crippen LogP contribution is -2.31. The molecule has 0 bridgehead atoms. The van der Waals surface area contributed by atoms with Crippen molar-refractivity contribution in [3.05, 3.63) is 65.2 Å². The van der Waals surface area contributed by atoms with E-state index >= 15 is 0 Å². The molecule has 0 fully saturated rings. The van der Waals surface area contributed by atoms with E-state index in [1.54, 1.807) is 21.6 Å². The highest BCUT2D eigenvalue weighted by atomic mass is 16.2. The Morgan fingerprint density at radius 3 is 2.37 bits per heavy atom. The molecule has 2 amide bonds. The van der Waals surface area contributed by atoms with Crippen LogP contribution in [0.25, 0.3) is 5.52 Å². The fraction of sp³-hybridized carbons (Fsp3) is 0.286. The van der Waals surface area contributed by atoms with Gasteiger partial charge in [0.2, 0.25) is 5.82 Å². The van der Waals surface area contributed by atoms with E-state index in [1.807, 2.05) is 58.0 Å². The Morgan fingerprint density at radius 1 is 1.07 bits per heavy atom. The van der Waals surface area contributed by atoms with E-state index in [0.29, 0.717) is 30.0 Å². The van der Waals surface area contributed by atoms with Gasteiger partial charge in [0.05, 0.1) is 5.52 Å². The maximum absolute atomic E-state index is 12.9. The van der Waals surface area contributed by atoms with Crippen LogP contribution in [-0.2, 0) is 0 Å². The van der Waals surface area contributed by atoms with Crippen LogP contribution in [0.3, 0.4) is 0 Å². The molecular weight excluding hydrogens is 340 g/mol. The summed E-state index contributed by atoms with van der Waals surface area (Å²) >= 11 is 0. The molecule has 0 saturated heterocycles. The molecule has 2 aromatic heterocycles. The second-order valence-corrected chi connectivity index (χ2v) is 6.55. The molecule has 3 aromatic rings. The number of fused-ring (bicyclic) bond motifs is 1. The maximum atomic E-state index is 12.9. The average Bonchev–Trinajstić information content (AvgIpc) is 3.01. The number of aryl methyl sites for hydroxylation is 2. The summed E-state index contributed by atoms with van der Waals surface area (Å²) in [5.41, 5.74) is 3.76. The van der Waals surface area contributed by atoms with Crippen molar-refractivity contribution in [2.75, 3.05) is 18.4 Å². The Kier molecular flexibility index (Phi) is 5.26. The monoisotopic (exact) mass is 364 g/mol. The lowest BCUT2D eigenvalue weighted by Gasteiger charge is -2.17. The molecule has 1 aromatic carbocycles. The molecule has 1 N–H and O–H groups in total. The molecule has 0 radical (unpaired) electrons.